The summed E-state index contributed by atoms with van der Waals surface area (Å²) in [5.41, 5.74) is 0.796. The third-order valence-electron chi connectivity index (χ3n) is 8.05. The van der Waals surface area contributed by atoms with Crippen LogP contribution in [0.5, 0.6) is 5.75 Å². The van der Waals surface area contributed by atoms with Crippen LogP contribution in [0.2, 0.25) is 51.4 Å². The third-order valence-corrected chi connectivity index (χ3v) is 12.2. The molecule has 4 rings (SSSR count). The SMILES string of the molecule is C[Si](C)(C)CCOCOc1cc(CC(F)(F)F)c(-c2cc3c(c(I)nn3COCC[Si](C)(C)C)c(NCC3CCCC3)n2)cc1F. The number of rotatable bonds is 16. The van der Waals surface area contributed by atoms with Gasteiger partial charge in [0.25, 0.3) is 0 Å². The number of pyridine rings is 1. The summed E-state index contributed by atoms with van der Waals surface area (Å²) in [6, 6.07) is 5.77. The molecular weight excluding hydrogens is 747 g/mol. The van der Waals surface area contributed by atoms with Crippen molar-refractivity contribution in [3.8, 4) is 17.0 Å². The van der Waals surface area contributed by atoms with Crippen molar-refractivity contribution in [3.63, 3.8) is 0 Å². The summed E-state index contributed by atoms with van der Waals surface area (Å²) in [6.45, 7) is 15.1. The molecule has 0 saturated heterocycles. The molecule has 0 amide bonds. The van der Waals surface area contributed by atoms with Crippen LogP contribution in [0.3, 0.4) is 0 Å². The molecule has 256 valence electrons. The molecule has 0 atom stereocenters. The molecule has 0 spiro atoms. The van der Waals surface area contributed by atoms with E-state index in [1.165, 1.54) is 12.8 Å². The van der Waals surface area contributed by atoms with Gasteiger partial charge in [-0.15, -0.1) is 0 Å². The smallest absolute Gasteiger partial charge is 0.393 e. The minimum atomic E-state index is -4.54. The second-order valence-corrected chi connectivity index (χ2v) is 26.9. The van der Waals surface area contributed by atoms with Gasteiger partial charge in [-0.25, -0.2) is 14.1 Å². The van der Waals surface area contributed by atoms with Crippen LogP contribution in [-0.4, -0.2) is 63.6 Å². The number of nitrogens with zero attached hydrogens (tertiary/aromatic N) is 3. The van der Waals surface area contributed by atoms with Gasteiger partial charge in [-0.05, 0) is 77.2 Å². The number of halogens is 5. The number of alkyl halides is 3. The number of fused-ring (bicyclic) bond motifs is 1. The molecule has 1 aliphatic carbocycles. The Bertz CT molecular complexity index is 1470. The first-order valence-corrected chi connectivity index (χ1v) is 24.5. The van der Waals surface area contributed by atoms with Crippen LogP contribution in [0.15, 0.2) is 18.2 Å². The van der Waals surface area contributed by atoms with E-state index in [9.17, 15) is 13.2 Å². The van der Waals surface area contributed by atoms with Gasteiger partial charge in [-0.1, -0.05) is 52.1 Å². The fourth-order valence-corrected chi connectivity index (χ4v) is 7.65. The monoisotopic (exact) mass is 794 g/mol. The lowest BCUT2D eigenvalue weighted by Crippen LogP contribution is -2.22. The minimum absolute atomic E-state index is 0.0510. The molecule has 46 heavy (non-hydrogen) atoms. The number of hydrogen-bond acceptors (Lipinski definition) is 6. The lowest BCUT2D eigenvalue weighted by Gasteiger charge is -2.18. The fraction of sp³-hybridized carbons (Fsp3) is 0.625. The van der Waals surface area contributed by atoms with Crippen molar-refractivity contribution in [2.24, 2.45) is 5.92 Å². The Morgan fingerprint density at radius 2 is 1.63 bits per heavy atom. The van der Waals surface area contributed by atoms with Crippen LogP contribution in [0.1, 0.15) is 31.2 Å². The Morgan fingerprint density at radius 3 is 2.26 bits per heavy atom. The van der Waals surface area contributed by atoms with E-state index in [0.29, 0.717) is 40.7 Å². The van der Waals surface area contributed by atoms with E-state index in [1.54, 1.807) is 10.7 Å². The van der Waals surface area contributed by atoms with Crippen molar-refractivity contribution in [2.75, 3.05) is 31.9 Å². The highest BCUT2D eigenvalue weighted by Crippen LogP contribution is 2.37. The third kappa shape index (κ3) is 11.2. The first-order chi connectivity index (χ1) is 21.5. The first kappa shape index (κ1) is 37.1. The van der Waals surface area contributed by atoms with Crippen molar-refractivity contribution >= 4 is 55.5 Å². The van der Waals surface area contributed by atoms with Gasteiger partial charge < -0.3 is 19.5 Å². The van der Waals surface area contributed by atoms with E-state index >= 15 is 4.39 Å². The maximum absolute atomic E-state index is 15.5. The Morgan fingerprint density at radius 1 is 0.978 bits per heavy atom. The van der Waals surface area contributed by atoms with E-state index in [2.05, 4.69) is 67.2 Å². The van der Waals surface area contributed by atoms with Gasteiger partial charge in [-0.3, -0.25) is 0 Å². The van der Waals surface area contributed by atoms with Crippen LogP contribution in [-0.2, 0) is 22.6 Å². The number of benzene rings is 1. The molecule has 0 radical (unpaired) electrons. The van der Waals surface area contributed by atoms with Crippen molar-refractivity contribution in [1.29, 1.82) is 0 Å². The molecular formula is C32H47F4IN4O3Si2. The molecule has 1 aliphatic rings. The molecule has 1 N–H and O–H groups in total. The Balaban J connectivity index is 1.71. The maximum Gasteiger partial charge on any atom is 0.393 e. The van der Waals surface area contributed by atoms with Crippen LogP contribution in [0.4, 0.5) is 23.4 Å². The number of anilines is 1. The van der Waals surface area contributed by atoms with Gasteiger partial charge in [0.05, 0.1) is 23.0 Å². The quantitative estimate of drug-likeness (QED) is 0.0513. The predicted octanol–water partition coefficient (Wildman–Crippen LogP) is 9.55. The minimum Gasteiger partial charge on any atom is -0.464 e. The average molecular weight is 795 g/mol. The van der Waals surface area contributed by atoms with E-state index in [4.69, 9.17) is 24.3 Å². The van der Waals surface area contributed by atoms with Crippen LogP contribution in [0, 0.1) is 15.4 Å². The molecule has 0 bridgehead atoms. The maximum atomic E-state index is 15.5. The molecule has 2 aromatic heterocycles. The second-order valence-electron chi connectivity index (χ2n) is 14.6. The standard InChI is InChI=1S/C32H47F4IN4O3Si2/c1-45(2,3)13-11-42-20-41-27-17-26(39-31(29(27)30(37)40-41)38-19-22-9-7-8-10-22)24-16-25(33)28(15-23(24)18-32(34,35)36)44-21-43-12-14-46(4,5)6/h15-17,22H,7-14,18-21H2,1-6H3,(H,38,39). The summed E-state index contributed by atoms with van der Waals surface area (Å²) < 4.78 is 76.5. The van der Waals surface area contributed by atoms with E-state index in [1.807, 2.05) is 0 Å². The summed E-state index contributed by atoms with van der Waals surface area (Å²) >= 11 is 2.15. The summed E-state index contributed by atoms with van der Waals surface area (Å²) in [5, 5.41) is 8.93. The van der Waals surface area contributed by atoms with Gasteiger partial charge in [0, 0.05) is 41.5 Å². The largest absolute Gasteiger partial charge is 0.464 e. The fourth-order valence-electron chi connectivity index (χ4n) is 5.35. The Kier molecular flexibility index (Phi) is 12.6. The van der Waals surface area contributed by atoms with Gasteiger partial charge >= 0.3 is 6.18 Å². The number of aromatic nitrogens is 3. The van der Waals surface area contributed by atoms with Crippen LogP contribution >= 0.6 is 22.6 Å². The summed E-state index contributed by atoms with van der Waals surface area (Å²) in [5.74, 6) is -0.0608. The first-order valence-electron chi connectivity index (χ1n) is 16.0. The normalized spacial score (nSPS) is 14.8. The predicted molar refractivity (Wildman–Crippen MR) is 190 cm³/mol. The van der Waals surface area contributed by atoms with Gasteiger partial charge in [-0.2, -0.15) is 18.3 Å². The number of nitrogens with one attached hydrogen (secondary N) is 1. The highest BCUT2D eigenvalue weighted by atomic mass is 127. The van der Waals surface area contributed by atoms with E-state index in [0.717, 1.165) is 42.4 Å². The van der Waals surface area contributed by atoms with Crippen LogP contribution < -0.4 is 10.1 Å². The van der Waals surface area contributed by atoms with Crippen molar-refractivity contribution < 1.29 is 31.8 Å². The van der Waals surface area contributed by atoms with E-state index in [-0.39, 0.29) is 36.1 Å². The summed E-state index contributed by atoms with van der Waals surface area (Å²) in [6.07, 6.45) is -1.22. The molecule has 1 aromatic carbocycles. The zero-order valence-electron chi connectivity index (χ0n) is 27.8. The van der Waals surface area contributed by atoms with Gasteiger partial charge in [0.2, 0.25) is 0 Å². The van der Waals surface area contributed by atoms with Crippen molar-refractivity contribution in [2.45, 2.75) is 96.4 Å². The highest BCUT2D eigenvalue weighted by molar-refractivity contribution is 14.1. The van der Waals surface area contributed by atoms with Gasteiger partial charge in [0.1, 0.15) is 16.2 Å². The summed E-state index contributed by atoms with van der Waals surface area (Å²) in [7, 11) is -2.65. The Labute approximate surface area is 285 Å². The molecule has 2 heterocycles. The molecule has 14 heteroatoms. The molecule has 1 fully saturated rings. The topological polar surface area (TPSA) is 70.4 Å². The lowest BCUT2D eigenvalue weighted by molar-refractivity contribution is -0.127. The van der Waals surface area contributed by atoms with E-state index < -0.39 is 34.6 Å². The Hall–Kier alpha value is -1.76. The second kappa shape index (κ2) is 15.6. The van der Waals surface area contributed by atoms with Crippen molar-refractivity contribution in [1.82, 2.24) is 14.8 Å². The number of hydrogen-bond donors (Lipinski definition) is 1. The molecule has 3 aromatic rings. The number of ether oxygens (including phenoxy) is 3. The molecule has 0 aliphatic heterocycles. The highest BCUT2D eigenvalue weighted by Gasteiger charge is 2.31. The summed E-state index contributed by atoms with van der Waals surface area (Å²) in [4.78, 5) is 4.81. The van der Waals surface area contributed by atoms with Crippen molar-refractivity contribution in [3.05, 3.63) is 33.3 Å². The zero-order valence-corrected chi connectivity index (χ0v) is 31.9. The average Bonchev–Trinajstić information content (AvgIpc) is 3.57. The zero-order chi connectivity index (χ0) is 33.7. The molecule has 0 unspecified atom stereocenters. The molecule has 7 nitrogen and oxygen atoms in total. The van der Waals surface area contributed by atoms with Gasteiger partial charge in [0.15, 0.2) is 18.4 Å². The van der Waals surface area contributed by atoms with Crippen LogP contribution in [0.25, 0.3) is 22.2 Å². The lowest BCUT2D eigenvalue weighted by atomic mass is 9.99. The molecule has 1 saturated carbocycles.